The molecule has 2 nitrogen and oxygen atoms in total. The van der Waals surface area contributed by atoms with Crippen molar-refractivity contribution in [2.75, 3.05) is 0 Å². The molecule has 5 heteroatoms. The van der Waals surface area contributed by atoms with E-state index in [4.69, 9.17) is 34.8 Å². The number of rotatable bonds is 3. The summed E-state index contributed by atoms with van der Waals surface area (Å²) in [5.41, 5.74) is 1.36. The number of benzene rings is 2. The van der Waals surface area contributed by atoms with Crippen molar-refractivity contribution in [2.24, 2.45) is 0 Å². The zero-order valence-electron chi connectivity index (χ0n) is 11.0. The Hall–Kier alpha value is -1.48. The first-order valence-electron chi connectivity index (χ1n) is 6.05. The highest BCUT2D eigenvalue weighted by Gasteiger charge is 2.16. The molecule has 0 bridgehead atoms. The first-order chi connectivity index (χ1) is 9.88. The van der Waals surface area contributed by atoms with Crippen molar-refractivity contribution in [1.29, 1.82) is 0 Å². The van der Waals surface area contributed by atoms with Gasteiger partial charge in [-0.3, -0.25) is 4.79 Å². The minimum Gasteiger partial charge on any atom is -0.506 e. The zero-order valence-corrected chi connectivity index (χ0v) is 13.3. The van der Waals surface area contributed by atoms with Crippen molar-refractivity contribution in [3.05, 3.63) is 68.2 Å². The van der Waals surface area contributed by atoms with Gasteiger partial charge in [0.1, 0.15) is 5.75 Å². The highest BCUT2D eigenvalue weighted by molar-refractivity contribution is 6.36. The van der Waals surface area contributed by atoms with Crippen molar-refractivity contribution in [3.8, 4) is 5.75 Å². The third-order valence-electron chi connectivity index (χ3n) is 2.88. The van der Waals surface area contributed by atoms with Crippen molar-refractivity contribution < 1.29 is 9.90 Å². The third-order valence-corrected chi connectivity index (χ3v) is 3.64. The van der Waals surface area contributed by atoms with Crippen molar-refractivity contribution >= 4 is 46.7 Å². The van der Waals surface area contributed by atoms with E-state index in [1.807, 2.05) is 0 Å². The Kier molecular flexibility index (Phi) is 4.94. The van der Waals surface area contributed by atoms with Crippen molar-refractivity contribution in [2.45, 2.75) is 6.92 Å². The van der Waals surface area contributed by atoms with Gasteiger partial charge in [0, 0.05) is 10.0 Å². The molecule has 0 aliphatic heterocycles. The number of phenolic OH excluding ortho intramolecular Hbond substituents is 1. The second kappa shape index (κ2) is 6.52. The molecule has 21 heavy (non-hydrogen) atoms. The number of halogens is 3. The van der Waals surface area contributed by atoms with Crippen LogP contribution in [0.15, 0.2) is 42.0 Å². The van der Waals surface area contributed by atoms with Crippen LogP contribution in [-0.4, -0.2) is 10.9 Å². The first kappa shape index (κ1) is 15.9. The van der Waals surface area contributed by atoms with Crippen LogP contribution in [0.5, 0.6) is 5.75 Å². The van der Waals surface area contributed by atoms with Crippen LogP contribution in [0.1, 0.15) is 22.8 Å². The summed E-state index contributed by atoms with van der Waals surface area (Å²) in [5, 5.41) is 10.8. The largest absolute Gasteiger partial charge is 0.506 e. The second-order valence-corrected chi connectivity index (χ2v) is 5.77. The monoisotopic (exact) mass is 340 g/mol. The second-order valence-electron chi connectivity index (χ2n) is 4.49. The van der Waals surface area contributed by atoms with Crippen LogP contribution in [0.3, 0.4) is 0 Å². The molecule has 0 aromatic heterocycles. The number of Topliss-reactive ketones (excluding diaryl/α,β-unsaturated/α-hetero) is 1. The molecule has 0 saturated carbocycles. The fourth-order valence-corrected chi connectivity index (χ4v) is 2.45. The number of aromatic hydroxyl groups is 1. The van der Waals surface area contributed by atoms with Gasteiger partial charge >= 0.3 is 0 Å². The standard InChI is InChI=1S/C16H11Cl3O2/c1-9(6-10-2-4-11(17)5-3-10)15(20)13-7-12(18)8-14(19)16(13)21/h2-8,21H,1H3. The fraction of sp³-hybridized carbons (Fsp3) is 0.0625. The maximum Gasteiger partial charge on any atom is 0.192 e. The number of allylic oxidation sites excluding steroid dienone is 1. The molecule has 0 amide bonds. The van der Waals surface area contributed by atoms with E-state index in [2.05, 4.69) is 0 Å². The van der Waals surface area contributed by atoms with Crippen LogP contribution in [-0.2, 0) is 0 Å². The molecule has 2 aromatic rings. The Labute approximate surface area is 137 Å². The summed E-state index contributed by atoms with van der Waals surface area (Å²) in [7, 11) is 0. The summed E-state index contributed by atoms with van der Waals surface area (Å²) >= 11 is 17.5. The Morgan fingerprint density at radius 1 is 1.05 bits per heavy atom. The highest BCUT2D eigenvalue weighted by atomic mass is 35.5. The topological polar surface area (TPSA) is 37.3 Å². The van der Waals surface area contributed by atoms with Crippen molar-refractivity contribution in [3.63, 3.8) is 0 Å². The summed E-state index contributed by atoms with van der Waals surface area (Å²) in [6.07, 6.45) is 1.70. The quantitative estimate of drug-likeness (QED) is 0.579. The predicted molar refractivity (Wildman–Crippen MR) is 87.6 cm³/mol. The average molecular weight is 342 g/mol. The van der Waals surface area contributed by atoms with Crippen LogP contribution in [0.4, 0.5) is 0 Å². The molecule has 0 radical (unpaired) electrons. The van der Waals surface area contributed by atoms with Gasteiger partial charge in [-0.2, -0.15) is 0 Å². The predicted octanol–water partition coefficient (Wildman–Crippen LogP) is 5.64. The lowest BCUT2D eigenvalue weighted by atomic mass is 10.0. The van der Waals surface area contributed by atoms with E-state index >= 15 is 0 Å². The average Bonchev–Trinajstić information content (AvgIpc) is 2.44. The van der Waals surface area contributed by atoms with E-state index in [1.54, 1.807) is 37.3 Å². The molecular formula is C16H11Cl3O2. The van der Waals surface area contributed by atoms with Gasteiger partial charge < -0.3 is 5.11 Å². The number of ketones is 1. The Morgan fingerprint density at radius 2 is 1.67 bits per heavy atom. The van der Waals surface area contributed by atoms with E-state index in [0.717, 1.165) is 5.56 Å². The van der Waals surface area contributed by atoms with Gasteiger partial charge in [-0.25, -0.2) is 0 Å². The van der Waals surface area contributed by atoms with E-state index < -0.39 is 0 Å². The molecule has 2 aromatic carbocycles. The summed E-state index contributed by atoms with van der Waals surface area (Å²) in [5.74, 6) is -0.609. The van der Waals surface area contributed by atoms with Gasteiger partial charge in [-0.05, 0) is 48.4 Å². The first-order valence-corrected chi connectivity index (χ1v) is 7.18. The van der Waals surface area contributed by atoms with E-state index in [9.17, 15) is 9.90 Å². The lowest BCUT2D eigenvalue weighted by molar-refractivity contribution is 0.103. The maximum atomic E-state index is 12.4. The normalized spacial score (nSPS) is 11.5. The Bertz CT molecular complexity index is 719. The zero-order chi connectivity index (χ0) is 15.6. The molecule has 0 unspecified atom stereocenters. The minimum absolute atomic E-state index is 0.0464. The van der Waals surface area contributed by atoms with Crippen LogP contribution in [0.25, 0.3) is 6.08 Å². The molecule has 0 aliphatic carbocycles. The minimum atomic E-state index is -0.341. The molecule has 1 N–H and O–H groups in total. The highest BCUT2D eigenvalue weighted by Crippen LogP contribution is 2.32. The lowest BCUT2D eigenvalue weighted by Crippen LogP contribution is -2.01. The van der Waals surface area contributed by atoms with Crippen molar-refractivity contribution in [1.82, 2.24) is 0 Å². The van der Waals surface area contributed by atoms with Gasteiger partial charge in [0.05, 0.1) is 10.6 Å². The summed E-state index contributed by atoms with van der Waals surface area (Å²) in [4.78, 5) is 12.4. The van der Waals surface area contributed by atoms with E-state index in [-0.39, 0.29) is 22.1 Å². The number of phenols is 1. The molecule has 0 aliphatic rings. The molecule has 0 heterocycles. The van der Waals surface area contributed by atoms with Gasteiger partial charge in [0.15, 0.2) is 5.78 Å². The Morgan fingerprint density at radius 3 is 2.29 bits per heavy atom. The molecule has 2 rings (SSSR count). The molecule has 0 fully saturated rings. The summed E-state index contributed by atoms with van der Waals surface area (Å²) < 4.78 is 0. The molecule has 0 saturated heterocycles. The molecule has 108 valence electrons. The Balaban J connectivity index is 2.37. The SMILES string of the molecule is CC(=Cc1ccc(Cl)cc1)C(=O)c1cc(Cl)cc(Cl)c1O. The summed E-state index contributed by atoms with van der Waals surface area (Å²) in [6, 6.07) is 9.84. The van der Waals surface area contributed by atoms with Gasteiger partial charge in [0.25, 0.3) is 0 Å². The smallest absolute Gasteiger partial charge is 0.192 e. The molecular weight excluding hydrogens is 331 g/mol. The van der Waals surface area contributed by atoms with Gasteiger partial charge in [0.2, 0.25) is 0 Å². The number of carbonyl (C=O) groups is 1. The summed E-state index contributed by atoms with van der Waals surface area (Å²) in [6.45, 7) is 1.66. The van der Waals surface area contributed by atoms with Crippen LogP contribution < -0.4 is 0 Å². The van der Waals surface area contributed by atoms with Crippen LogP contribution in [0.2, 0.25) is 15.1 Å². The number of carbonyl (C=O) groups excluding carboxylic acids is 1. The fourth-order valence-electron chi connectivity index (χ4n) is 1.83. The van der Waals surface area contributed by atoms with Crippen LogP contribution in [0, 0.1) is 0 Å². The molecule has 0 atom stereocenters. The maximum absolute atomic E-state index is 12.4. The molecule has 0 spiro atoms. The third kappa shape index (κ3) is 3.79. The number of hydrogen-bond donors (Lipinski definition) is 1. The number of hydrogen-bond acceptors (Lipinski definition) is 2. The van der Waals surface area contributed by atoms with E-state index in [1.165, 1.54) is 12.1 Å². The lowest BCUT2D eigenvalue weighted by Gasteiger charge is -2.07. The van der Waals surface area contributed by atoms with Crippen LogP contribution >= 0.6 is 34.8 Å². The van der Waals surface area contributed by atoms with E-state index in [0.29, 0.717) is 15.6 Å². The van der Waals surface area contributed by atoms with Gasteiger partial charge in [-0.15, -0.1) is 0 Å². The van der Waals surface area contributed by atoms with Gasteiger partial charge in [-0.1, -0.05) is 46.9 Å².